The van der Waals surface area contributed by atoms with Crippen LogP contribution in [0.25, 0.3) is 0 Å². The summed E-state index contributed by atoms with van der Waals surface area (Å²) in [7, 11) is 0. The Kier molecular flexibility index (Phi) is 4.47. The van der Waals surface area contributed by atoms with Crippen molar-refractivity contribution in [1.29, 1.82) is 0 Å². The summed E-state index contributed by atoms with van der Waals surface area (Å²) in [5.41, 5.74) is 1.28. The first-order chi connectivity index (χ1) is 8.15. The molecule has 0 bridgehead atoms. The van der Waals surface area contributed by atoms with Gasteiger partial charge in [-0.15, -0.1) is 0 Å². The lowest BCUT2D eigenvalue weighted by atomic mass is 9.80. The molecule has 3 unspecified atom stereocenters. The van der Waals surface area contributed by atoms with Gasteiger partial charge in [0.05, 0.1) is 0 Å². The molecule has 0 aliphatic heterocycles. The van der Waals surface area contributed by atoms with E-state index in [1.165, 1.54) is 24.8 Å². The van der Waals surface area contributed by atoms with Gasteiger partial charge in [-0.25, -0.2) is 0 Å². The van der Waals surface area contributed by atoms with Crippen LogP contribution in [0.15, 0.2) is 24.3 Å². The zero-order chi connectivity index (χ0) is 12.3. The summed E-state index contributed by atoms with van der Waals surface area (Å²) in [6, 6.07) is 8.80. The van der Waals surface area contributed by atoms with E-state index in [4.69, 9.17) is 11.6 Å². The third-order valence-electron chi connectivity index (χ3n) is 3.89. The van der Waals surface area contributed by atoms with E-state index in [9.17, 15) is 0 Å². The molecule has 0 aromatic heterocycles. The van der Waals surface area contributed by atoms with Gasteiger partial charge in [0.15, 0.2) is 0 Å². The highest BCUT2D eigenvalue weighted by Crippen LogP contribution is 2.28. The smallest absolute Gasteiger partial charge is 0.0409 e. The molecule has 0 radical (unpaired) electrons. The first kappa shape index (κ1) is 12.9. The molecule has 3 atom stereocenters. The van der Waals surface area contributed by atoms with Gasteiger partial charge in [-0.2, -0.15) is 0 Å². The number of rotatable bonds is 3. The maximum atomic E-state index is 5.99. The summed E-state index contributed by atoms with van der Waals surface area (Å²) in [4.78, 5) is 0. The quantitative estimate of drug-likeness (QED) is 0.847. The minimum atomic E-state index is 0.671. The van der Waals surface area contributed by atoms with Gasteiger partial charge >= 0.3 is 0 Å². The molecule has 17 heavy (non-hydrogen) atoms. The van der Waals surface area contributed by atoms with E-state index < -0.39 is 0 Å². The van der Waals surface area contributed by atoms with Crippen molar-refractivity contribution in [2.75, 3.05) is 0 Å². The zero-order valence-electron chi connectivity index (χ0n) is 10.7. The van der Waals surface area contributed by atoms with Crippen LogP contribution in [-0.4, -0.2) is 6.04 Å². The van der Waals surface area contributed by atoms with Gasteiger partial charge < -0.3 is 5.32 Å². The Bertz CT molecular complexity index is 364. The van der Waals surface area contributed by atoms with E-state index in [2.05, 4.69) is 25.2 Å². The van der Waals surface area contributed by atoms with Crippen molar-refractivity contribution >= 4 is 11.6 Å². The topological polar surface area (TPSA) is 12.0 Å². The number of benzene rings is 1. The minimum absolute atomic E-state index is 0.671. The van der Waals surface area contributed by atoms with Crippen molar-refractivity contribution in [3.63, 3.8) is 0 Å². The first-order valence-corrected chi connectivity index (χ1v) is 7.01. The molecule has 1 nitrogen and oxygen atoms in total. The van der Waals surface area contributed by atoms with Gasteiger partial charge in [-0.3, -0.25) is 0 Å². The molecule has 1 saturated carbocycles. The molecule has 0 heterocycles. The predicted octanol–water partition coefficient (Wildman–Crippen LogP) is 4.25. The van der Waals surface area contributed by atoms with Gasteiger partial charge in [0.1, 0.15) is 0 Å². The second-order valence-corrected chi connectivity index (χ2v) is 5.95. The Hall–Kier alpha value is -0.530. The van der Waals surface area contributed by atoms with Crippen molar-refractivity contribution in [1.82, 2.24) is 5.32 Å². The monoisotopic (exact) mass is 251 g/mol. The highest BCUT2D eigenvalue weighted by Gasteiger charge is 2.24. The lowest BCUT2D eigenvalue weighted by molar-refractivity contribution is 0.227. The molecular formula is C15H22ClN. The van der Waals surface area contributed by atoms with Gasteiger partial charge in [0.25, 0.3) is 0 Å². The van der Waals surface area contributed by atoms with Crippen molar-refractivity contribution in [2.24, 2.45) is 11.8 Å². The average Bonchev–Trinajstić information content (AvgIpc) is 2.28. The van der Waals surface area contributed by atoms with Crippen LogP contribution in [0, 0.1) is 11.8 Å². The van der Waals surface area contributed by atoms with Crippen LogP contribution in [0.4, 0.5) is 0 Å². The van der Waals surface area contributed by atoms with E-state index in [1.807, 2.05) is 18.2 Å². The van der Waals surface area contributed by atoms with Crippen LogP contribution in [0.1, 0.15) is 38.7 Å². The summed E-state index contributed by atoms with van der Waals surface area (Å²) in [5.74, 6) is 1.69. The Morgan fingerprint density at radius 3 is 2.82 bits per heavy atom. The van der Waals surface area contributed by atoms with Crippen molar-refractivity contribution in [2.45, 2.75) is 45.7 Å². The lowest BCUT2D eigenvalue weighted by Crippen LogP contribution is -2.38. The molecule has 1 aromatic rings. The molecule has 1 fully saturated rings. The van der Waals surface area contributed by atoms with Crippen molar-refractivity contribution < 1.29 is 0 Å². The number of halogens is 1. The molecule has 94 valence electrons. The van der Waals surface area contributed by atoms with Crippen molar-refractivity contribution in [3.8, 4) is 0 Å². The van der Waals surface area contributed by atoms with E-state index in [1.54, 1.807) is 0 Å². The number of nitrogens with one attached hydrogen (secondary N) is 1. The van der Waals surface area contributed by atoms with E-state index in [-0.39, 0.29) is 0 Å². The second-order valence-electron chi connectivity index (χ2n) is 5.51. The molecular weight excluding hydrogens is 230 g/mol. The SMILES string of the molecule is CC1CCC(NCc2cccc(Cl)c2)C(C)C1. The zero-order valence-corrected chi connectivity index (χ0v) is 11.5. The summed E-state index contributed by atoms with van der Waals surface area (Å²) >= 11 is 5.99. The van der Waals surface area contributed by atoms with Crippen LogP contribution < -0.4 is 5.32 Å². The molecule has 2 heteroatoms. The highest BCUT2D eigenvalue weighted by molar-refractivity contribution is 6.30. The Morgan fingerprint density at radius 2 is 2.12 bits per heavy atom. The first-order valence-electron chi connectivity index (χ1n) is 6.63. The maximum Gasteiger partial charge on any atom is 0.0409 e. The standard InChI is InChI=1S/C15H22ClN/c1-11-6-7-15(12(2)8-11)17-10-13-4-3-5-14(16)9-13/h3-5,9,11-12,15,17H,6-8,10H2,1-2H3. The highest BCUT2D eigenvalue weighted by atomic mass is 35.5. The lowest BCUT2D eigenvalue weighted by Gasteiger charge is -2.33. The predicted molar refractivity (Wildman–Crippen MR) is 74.3 cm³/mol. The summed E-state index contributed by atoms with van der Waals surface area (Å²) in [6.07, 6.45) is 4.02. The third kappa shape index (κ3) is 3.72. The van der Waals surface area contributed by atoms with Gasteiger partial charge in [0.2, 0.25) is 0 Å². The van der Waals surface area contributed by atoms with Crippen molar-refractivity contribution in [3.05, 3.63) is 34.9 Å². The number of hydrogen-bond donors (Lipinski definition) is 1. The fourth-order valence-electron chi connectivity index (χ4n) is 2.86. The van der Waals surface area contributed by atoms with E-state index >= 15 is 0 Å². The van der Waals surface area contributed by atoms with Crippen LogP contribution in [-0.2, 0) is 6.54 Å². The minimum Gasteiger partial charge on any atom is -0.310 e. The fraction of sp³-hybridized carbons (Fsp3) is 0.600. The maximum absolute atomic E-state index is 5.99. The molecule has 0 spiro atoms. The van der Waals surface area contributed by atoms with Crippen LogP contribution in [0.2, 0.25) is 5.02 Å². The largest absolute Gasteiger partial charge is 0.310 e. The van der Waals surface area contributed by atoms with Gasteiger partial charge in [-0.05, 0) is 48.8 Å². The molecule has 1 aliphatic carbocycles. The summed E-state index contributed by atoms with van der Waals surface area (Å²) in [5, 5.41) is 4.51. The molecule has 1 aliphatic rings. The molecule has 0 amide bonds. The second kappa shape index (κ2) is 5.88. The van der Waals surface area contributed by atoms with Gasteiger partial charge in [0, 0.05) is 17.6 Å². The van der Waals surface area contributed by atoms with E-state index in [0.717, 1.165) is 23.4 Å². The average molecular weight is 252 g/mol. The van der Waals surface area contributed by atoms with Crippen LogP contribution in [0.3, 0.4) is 0 Å². The molecule has 1 N–H and O–H groups in total. The molecule has 1 aromatic carbocycles. The Balaban J connectivity index is 1.86. The summed E-state index contributed by atoms with van der Waals surface area (Å²) < 4.78 is 0. The molecule has 0 saturated heterocycles. The normalized spacial score (nSPS) is 29.2. The number of hydrogen-bond acceptors (Lipinski definition) is 1. The fourth-order valence-corrected chi connectivity index (χ4v) is 3.08. The summed E-state index contributed by atoms with van der Waals surface area (Å²) in [6.45, 7) is 5.67. The molecule has 2 rings (SSSR count). The van der Waals surface area contributed by atoms with Crippen LogP contribution in [0.5, 0.6) is 0 Å². The van der Waals surface area contributed by atoms with Gasteiger partial charge in [-0.1, -0.05) is 37.6 Å². The van der Waals surface area contributed by atoms with Crippen LogP contribution >= 0.6 is 11.6 Å². The Labute approximate surface area is 110 Å². The Morgan fingerprint density at radius 1 is 1.29 bits per heavy atom. The third-order valence-corrected chi connectivity index (χ3v) is 4.12. The van der Waals surface area contributed by atoms with E-state index in [0.29, 0.717) is 6.04 Å².